The maximum Gasteiger partial charge on any atom is 0.327 e. The Morgan fingerprint density at radius 3 is 2.75 bits per heavy atom. The van der Waals surface area contributed by atoms with Gasteiger partial charge in [-0.25, -0.2) is 14.8 Å². The van der Waals surface area contributed by atoms with Crippen molar-refractivity contribution in [2.75, 3.05) is 24.5 Å². The molecule has 0 amide bonds. The molecular weight excluding hydrogens is 280 g/mol. The summed E-state index contributed by atoms with van der Waals surface area (Å²) < 4.78 is 0. The van der Waals surface area contributed by atoms with Gasteiger partial charge in [0.2, 0.25) is 0 Å². The molecule has 1 fully saturated rings. The summed E-state index contributed by atoms with van der Waals surface area (Å²) in [5.74, 6) is -0.470. The van der Waals surface area contributed by atoms with E-state index in [1.54, 1.807) is 4.90 Å². The second kappa shape index (κ2) is 5.22. The molecule has 2 aromatic rings. The van der Waals surface area contributed by atoms with Crippen molar-refractivity contribution >= 4 is 34.4 Å². The number of nitrogens with zero attached hydrogens (tertiary/aromatic N) is 3. The van der Waals surface area contributed by atoms with Gasteiger partial charge >= 0.3 is 5.97 Å². The average molecular weight is 293 g/mol. The predicted molar refractivity (Wildman–Crippen MR) is 76.2 cm³/mol. The summed E-state index contributed by atoms with van der Waals surface area (Å²) >= 11 is 6.18. The number of nitrogens with one attached hydrogen (secondary N) is 1. The Labute approximate surface area is 120 Å². The van der Waals surface area contributed by atoms with Crippen LogP contribution in [0.3, 0.4) is 0 Å². The highest BCUT2D eigenvalue weighted by Crippen LogP contribution is 2.26. The van der Waals surface area contributed by atoms with Crippen LogP contribution in [0.25, 0.3) is 11.0 Å². The number of aliphatic carboxylic acids is 1. The summed E-state index contributed by atoms with van der Waals surface area (Å²) in [5.41, 5.74) is 1.40. The maximum atomic E-state index is 11.3. The third kappa shape index (κ3) is 2.28. The van der Waals surface area contributed by atoms with E-state index in [9.17, 15) is 9.90 Å². The first-order chi connectivity index (χ1) is 9.66. The van der Waals surface area contributed by atoms with Crippen LogP contribution in [-0.4, -0.2) is 46.7 Å². The zero-order valence-corrected chi connectivity index (χ0v) is 11.3. The van der Waals surface area contributed by atoms with Gasteiger partial charge in [-0.2, -0.15) is 0 Å². The van der Waals surface area contributed by atoms with Gasteiger partial charge in [0, 0.05) is 19.6 Å². The van der Waals surface area contributed by atoms with Gasteiger partial charge in [-0.3, -0.25) is 0 Å². The Morgan fingerprint density at radius 2 is 2.05 bits per heavy atom. The topological polar surface area (TPSA) is 78.4 Å². The third-order valence-electron chi connectivity index (χ3n) is 3.31. The Hall–Kier alpha value is -1.92. The number of anilines is 1. The zero-order chi connectivity index (χ0) is 14.1. The molecule has 1 aliphatic rings. The lowest BCUT2D eigenvalue weighted by Gasteiger charge is -2.34. The molecule has 0 bridgehead atoms. The third-order valence-corrected chi connectivity index (χ3v) is 3.57. The number of piperazine rings is 1. The van der Waals surface area contributed by atoms with E-state index in [1.165, 1.54) is 0 Å². The molecule has 1 atom stereocenters. The maximum absolute atomic E-state index is 11.3. The van der Waals surface area contributed by atoms with Crippen LogP contribution in [0.5, 0.6) is 0 Å². The van der Waals surface area contributed by atoms with Crippen LogP contribution >= 0.6 is 11.6 Å². The first-order valence-electron chi connectivity index (χ1n) is 6.29. The molecule has 0 aliphatic carbocycles. The van der Waals surface area contributed by atoms with Crippen LogP contribution < -0.4 is 10.2 Å². The first-order valence-corrected chi connectivity index (χ1v) is 6.67. The van der Waals surface area contributed by atoms with Gasteiger partial charge in [-0.15, -0.1) is 0 Å². The van der Waals surface area contributed by atoms with E-state index in [-0.39, 0.29) is 5.15 Å². The van der Waals surface area contributed by atoms with Crippen LogP contribution in [0.4, 0.5) is 5.82 Å². The molecule has 1 aromatic carbocycles. The highest BCUT2D eigenvalue weighted by atomic mass is 35.5. The highest BCUT2D eigenvalue weighted by molar-refractivity contribution is 6.32. The second-order valence-electron chi connectivity index (χ2n) is 4.58. The van der Waals surface area contributed by atoms with Crippen molar-refractivity contribution < 1.29 is 9.90 Å². The summed E-state index contributed by atoms with van der Waals surface area (Å²) in [6, 6.07) is 6.69. The summed E-state index contributed by atoms with van der Waals surface area (Å²) in [6.45, 7) is 1.58. The molecule has 1 aromatic heterocycles. The van der Waals surface area contributed by atoms with E-state index >= 15 is 0 Å². The Kier molecular flexibility index (Phi) is 3.42. The number of carboxylic acids is 1. The van der Waals surface area contributed by atoms with E-state index in [1.807, 2.05) is 24.3 Å². The molecule has 1 aliphatic heterocycles. The van der Waals surface area contributed by atoms with Crippen LogP contribution in [0.2, 0.25) is 5.15 Å². The van der Waals surface area contributed by atoms with E-state index in [0.29, 0.717) is 36.5 Å². The monoisotopic (exact) mass is 292 g/mol. The standard InChI is InChI=1S/C13H13ClN4O2/c14-11-12(17-9-4-2-1-3-8(9)16-11)18-6-5-15-7-10(18)13(19)20/h1-4,10,15H,5-7H2,(H,19,20)/t10-/m1/s1. The van der Waals surface area contributed by atoms with E-state index in [4.69, 9.17) is 11.6 Å². The molecule has 1 saturated heterocycles. The largest absolute Gasteiger partial charge is 0.480 e. The van der Waals surface area contributed by atoms with Crippen molar-refractivity contribution in [1.82, 2.24) is 15.3 Å². The highest BCUT2D eigenvalue weighted by Gasteiger charge is 2.31. The molecule has 2 N–H and O–H groups in total. The minimum atomic E-state index is -0.900. The van der Waals surface area contributed by atoms with E-state index < -0.39 is 12.0 Å². The fraction of sp³-hybridized carbons (Fsp3) is 0.308. The summed E-state index contributed by atoms with van der Waals surface area (Å²) in [4.78, 5) is 21.8. The molecule has 0 unspecified atom stereocenters. The van der Waals surface area contributed by atoms with Gasteiger partial charge in [0.1, 0.15) is 6.04 Å². The normalized spacial score (nSPS) is 19.2. The molecule has 104 valence electrons. The molecule has 7 heteroatoms. The molecule has 6 nitrogen and oxygen atoms in total. The van der Waals surface area contributed by atoms with Gasteiger partial charge < -0.3 is 15.3 Å². The van der Waals surface area contributed by atoms with Crippen molar-refractivity contribution in [2.45, 2.75) is 6.04 Å². The molecule has 0 radical (unpaired) electrons. The molecular formula is C13H13ClN4O2. The Morgan fingerprint density at radius 1 is 1.35 bits per heavy atom. The smallest absolute Gasteiger partial charge is 0.327 e. The number of rotatable bonds is 2. The zero-order valence-electron chi connectivity index (χ0n) is 10.6. The van der Waals surface area contributed by atoms with Crippen molar-refractivity contribution in [3.63, 3.8) is 0 Å². The SMILES string of the molecule is O=C(O)[C@H]1CNCCN1c1nc2ccccc2nc1Cl. The number of fused-ring (bicyclic) bond motifs is 1. The van der Waals surface area contributed by atoms with E-state index in [2.05, 4.69) is 15.3 Å². The number of para-hydroxylation sites is 2. The average Bonchev–Trinajstić information content (AvgIpc) is 2.46. The van der Waals surface area contributed by atoms with Crippen molar-refractivity contribution in [2.24, 2.45) is 0 Å². The Balaban J connectivity index is 2.07. The number of benzene rings is 1. The minimum absolute atomic E-state index is 0.233. The fourth-order valence-electron chi connectivity index (χ4n) is 2.33. The van der Waals surface area contributed by atoms with Crippen LogP contribution in [0, 0.1) is 0 Å². The van der Waals surface area contributed by atoms with Crippen LogP contribution in [-0.2, 0) is 4.79 Å². The number of carbonyl (C=O) groups is 1. The lowest BCUT2D eigenvalue weighted by atomic mass is 10.2. The number of halogens is 1. The van der Waals surface area contributed by atoms with Crippen molar-refractivity contribution in [3.8, 4) is 0 Å². The number of hydrogen-bond donors (Lipinski definition) is 2. The van der Waals surface area contributed by atoms with Gasteiger partial charge in [0.15, 0.2) is 11.0 Å². The first kappa shape index (κ1) is 13.1. The number of hydrogen-bond acceptors (Lipinski definition) is 5. The fourth-order valence-corrected chi connectivity index (χ4v) is 2.57. The molecule has 3 rings (SSSR count). The minimum Gasteiger partial charge on any atom is -0.480 e. The Bertz CT molecular complexity index is 664. The van der Waals surface area contributed by atoms with Gasteiger partial charge in [0.05, 0.1) is 11.0 Å². The lowest BCUT2D eigenvalue weighted by molar-refractivity contribution is -0.138. The molecule has 0 saturated carbocycles. The van der Waals surface area contributed by atoms with Gasteiger partial charge in [0.25, 0.3) is 0 Å². The summed E-state index contributed by atoms with van der Waals surface area (Å²) in [5, 5.41) is 12.6. The number of aromatic nitrogens is 2. The quantitative estimate of drug-likeness (QED) is 0.864. The van der Waals surface area contributed by atoms with Crippen LogP contribution in [0.1, 0.15) is 0 Å². The van der Waals surface area contributed by atoms with Crippen molar-refractivity contribution in [3.05, 3.63) is 29.4 Å². The van der Waals surface area contributed by atoms with Crippen LogP contribution in [0.15, 0.2) is 24.3 Å². The molecule has 0 spiro atoms. The predicted octanol–water partition coefficient (Wildman–Crippen LogP) is 1.15. The van der Waals surface area contributed by atoms with Gasteiger partial charge in [-0.05, 0) is 12.1 Å². The summed E-state index contributed by atoms with van der Waals surface area (Å²) in [7, 11) is 0. The van der Waals surface area contributed by atoms with E-state index in [0.717, 1.165) is 0 Å². The van der Waals surface area contributed by atoms with Gasteiger partial charge in [-0.1, -0.05) is 23.7 Å². The van der Waals surface area contributed by atoms with Crippen molar-refractivity contribution in [1.29, 1.82) is 0 Å². The number of carboxylic acid groups (broad SMARTS) is 1. The second-order valence-corrected chi connectivity index (χ2v) is 4.94. The lowest BCUT2D eigenvalue weighted by Crippen LogP contribution is -2.55. The summed E-state index contributed by atoms with van der Waals surface area (Å²) in [6.07, 6.45) is 0. The molecule has 20 heavy (non-hydrogen) atoms. The molecule has 2 heterocycles.